The Morgan fingerprint density at radius 3 is 2.71 bits per heavy atom. The number of para-hydroxylation sites is 1. The largest absolute Gasteiger partial charge is 0.389 e. The Balaban J connectivity index is 2.09. The second-order valence-corrected chi connectivity index (χ2v) is 5.21. The SMILES string of the molecule is C[C@H](O)c1ccc(N2CCc3ccccc32)c([N+](=O)[O-])c1. The maximum absolute atomic E-state index is 11.4. The molecule has 21 heavy (non-hydrogen) atoms. The zero-order valence-electron chi connectivity index (χ0n) is 11.7. The van der Waals surface area contributed by atoms with Crippen molar-refractivity contribution in [2.24, 2.45) is 0 Å². The lowest BCUT2D eigenvalue weighted by Crippen LogP contribution is -2.15. The molecule has 5 heteroatoms. The standard InChI is InChI=1S/C16H16N2O3/c1-11(19)13-6-7-15(16(10-13)18(20)21)17-9-8-12-4-2-3-5-14(12)17/h2-7,10-11,19H,8-9H2,1H3/t11-/m0/s1. The van der Waals surface area contributed by atoms with E-state index in [-0.39, 0.29) is 10.6 Å². The van der Waals surface area contributed by atoms with E-state index in [1.807, 2.05) is 29.2 Å². The van der Waals surface area contributed by atoms with Crippen molar-refractivity contribution in [3.05, 3.63) is 63.7 Å². The van der Waals surface area contributed by atoms with Crippen LogP contribution in [0.1, 0.15) is 24.2 Å². The lowest BCUT2D eigenvalue weighted by atomic mass is 10.1. The normalized spacial score (nSPS) is 14.9. The van der Waals surface area contributed by atoms with Crippen LogP contribution in [0, 0.1) is 10.1 Å². The van der Waals surface area contributed by atoms with E-state index < -0.39 is 6.10 Å². The molecule has 1 aliphatic rings. The minimum Gasteiger partial charge on any atom is -0.389 e. The predicted molar refractivity (Wildman–Crippen MR) is 80.9 cm³/mol. The summed E-state index contributed by atoms with van der Waals surface area (Å²) in [6.45, 7) is 2.33. The highest BCUT2D eigenvalue weighted by Crippen LogP contribution is 2.40. The first-order chi connectivity index (χ1) is 10.1. The minimum absolute atomic E-state index is 0.0325. The van der Waals surface area contributed by atoms with Gasteiger partial charge in [0.2, 0.25) is 0 Å². The molecule has 0 saturated carbocycles. The van der Waals surface area contributed by atoms with Gasteiger partial charge in [0.25, 0.3) is 5.69 Å². The fourth-order valence-corrected chi connectivity index (χ4v) is 2.76. The molecule has 1 heterocycles. The smallest absolute Gasteiger partial charge is 0.293 e. The van der Waals surface area contributed by atoms with Crippen molar-refractivity contribution in [1.29, 1.82) is 0 Å². The van der Waals surface area contributed by atoms with E-state index in [9.17, 15) is 15.2 Å². The van der Waals surface area contributed by atoms with Gasteiger partial charge in [-0.15, -0.1) is 0 Å². The van der Waals surface area contributed by atoms with E-state index in [2.05, 4.69) is 0 Å². The summed E-state index contributed by atoms with van der Waals surface area (Å²) in [6.07, 6.45) is 0.162. The number of aliphatic hydroxyl groups is 1. The van der Waals surface area contributed by atoms with Gasteiger partial charge >= 0.3 is 0 Å². The van der Waals surface area contributed by atoms with E-state index >= 15 is 0 Å². The summed E-state index contributed by atoms with van der Waals surface area (Å²) >= 11 is 0. The summed E-state index contributed by atoms with van der Waals surface area (Å²) < 4.78 is 0. The van der Waals surface area contributed by atoms with Crippen molar-refractivity contribution >= 4 is 17.1 Å². The third-order valence-corrected chi connectivity index (χ3v) is 3.86. The zero-order chi connectivity index (χ0) is 15.0. The molecule has 0 bridgehead atoms. The van der Waals surface area contributed by atoms with Crippen LogP contribution < -0.4 is 4.90 Å². The molecule has 0 aliphatic carbocycles. The number of aliphatic hydroxyl groups excluding tert-OH is 1. The average Bonchev–Trinajstić information content (AvgIpc) is 2.90. The Kier molecular flexibility index (Phi) is 3.35. The van der Waals surface area contributed by atoms with Crippen LogP contribution >= 0.6 is 0 Å². The van der Waals surface area contributed by atoms with Gasteiger partial charge in [-0.2, -0.15) is 0 Å². The van der Waals surface area contributed by atoms with Gasteiger partial charge in [-0.3, -0.25) is 10.1 Å². The second-order valence-electron chi connectivity index (χ2n) is 5.21. The number of nitro groups is 1. The molecule has 0 amide bonds. The summed E-state index contributed by atoms with van der Waals surface area (Å²) in [5, 5.41) is 21.0. The molecule has 0 spiro atoms. The highest BCUT2D eigenvalue weighted by atomic mass is 16.6. The van der Waals surface area contributed by atoms with Gasteiger partial charge in [0.05, 0.1) is 11.0 Å². The van der Waals surface area contributed by atoms with Gasteiger partial charge in [0.15, 0.2) is 0 Å². The molecule has 2 aromatic carbocycles. The molecule has 0 saturated heterocycles. The van der Waals surface area contributed by atoms with Crippen molar-refractivity contribution in [3.8, 4) is 0 Å². The highest BCUT2D eigenvalue weighted by Gasteiger charge is 2.26. The van der Waals surface area contributed by atoms with Crippen LogP contribution in [0.4, 0.5) is 17.1 Å². The number of hydrogen-bond donors (Lipinski definition) is 1. The van der Waals surface area contributed by atoms with Crippen molar-refractivity contribution < 1.29 is 10.0 Å². The van der Waals surface area contributed by atoms with Gasteiger partial charge in [-0.05, 0) is 36.6 Å². The summed E-state index contributed by atoms with van der Waals surface area (Å²) in [5.41, 5.74) is 3.38. The first kappa shape index (κ1) is 13.6. The van der Waals surface area contributed by atoms with Crippen LogP contribution in [-0.2, 0) is 6.42 Å². The van der Waals surface area contributed by atoms with Crippen LogP contribution in [0.5, 0.6) is 0 Å². The Morgan fingerprint density at radius 1 is 1.24 bits per heavy atom. The van der Waals surface area contributed by atoms with Crippen molar-refractivity contribution in [2.45, 2.75) is 19.4 Å². The molecular weight excluding hydrogens is 268 g/mol. The molecule has 0 fully saturated rings. The third kappa shape index (κ3) is 2.36. The molecule has 3 rings (SSSR count). The Labute approximate surface area is 122 Å². The Bertz CT molecular complexity index is 698. The second kappa shape index (κ2) is 5.18. The molecule has 1 atom stereocenters. The van der Waals surface area contributed by atoms with Crippen molar-refractivity contribution in [1.82, 2.24) is 0 Å². The van der Waals surface area contributed by atoms with Gasteiger partial charge in [-0.1, -0.05) is 24.3 Å². The summed E-state index contributed by atoms with van der Waals surface area (Å²) in [7, 11) is 0. The Hall–Kier alpha value is -2.40. The number of fused-ring (bicyclic) bond motifs is 1. The molecule has 0 aromatic heterocycles. The maximum atomic E-state index is 11.4. The van der Waals surface area contributed by atoms with Gasteiger partial charge in [-0.25, -0.2) is 0 Å². The van der Waals surface area contributed by atoms with E-state index in [4.69, 9.17) is 0 Å². The van der Waals surface area contributed by atoms with Gasteiger partial charge in [0.1, 0.15) is 5.69 Å². The van der Waals surface area contributed by atoms with Gasteiger partial charge < -0.3 is 10.0 Å². The predicted octanol–water partition coefficient (Wildman–Crippen LogP) is 3.34. The topological polar surface area (TPSA) is 66.6 Å². The van der Waals surface area contributed by atoms with E-state index in [0.717, 1.165) is 18.7 Å². The minimum atomic E-state index is -0.719. The third-order valence-electron chi connectivity index (χ3n) is 3.86. The lowest BCUT2D eigenvalue weighted by molar-refractivity contribution is -0.384. The van der Waals surface area contributed by atoms with Crippen LogP contribution in [0.15, 0.2) is 42.5 Å². The quantitative estimate of drug-likeness (QED) is 0.693. The number of anilines is 2. The first-order valence-electron chi connectivity index (χ1n) is 6.90. The van der Waals surface area contributed by atoms with Gasteiger partial charge in [0, 0.05) is 18.3 Å². The number of benzene rings is 2. The van der Waals surface area contributed by atoms with Crippen LogP contribution in [0.3, 0.4) is 0 Å². The van der Waals surface area contributed by atoms with E-state index in [0.29, 0.717) is 11.3 Å². The molecule has 108 valence electrons. The summed E-state index contributed by atoms with van der Waals surface area (Å²) in [4.78, 5) is 12.9. The maximum Gasteiger partial charge on any atom is 0.293 e. The fraction of sp³-hybridized carbons (Fsp3) is 0.250. The first-order valence-corrected chi connectivity index (χ1v) is 6.90. The monoisotopic (exact) mass is 284 g/mol. The Morgan fingerprint density at radius 2 is 2.00 bits per heavy atom. The van der Waals surface area contributed by atoms with E-state index in [1.165, 1.54) is 11.6 Å². The number of rotatable bonds is 3. The van der Waals surface area contributed by atoms with Crippen LogP contribution in [-0.4, -0.2) is 16.6 Å². The van der Waals surface area contributed by atoms with Crippen molar-refractivity contribution in [3.63, 3.8) is 0 Å². The molecule has 0 unspecified atom stereocenters. The number of nitro benzene ring substituents is 1. The summed E-state index contributed by atoms with van der Waals surface area (Å²) in [5.74, 6) is 0. The fourth-order valence-electron chi connectivity index (χ4n) is 2.76. The zero-order valence-corrected chi connectivity index (χ0v) is 11.7. The van der Waals surface area contributed by atoms with Crippen LogP contribution in [0.2, 0.25) is 0 Å². The molecule has 5 nitrogen and oxygen atoms in total. The number of nitrogens with zero attached hydrogens (tertiary/aromatic N) is 2. The van der Waals surface area contributed by atoms with Crippen LogP contribution in [0.25, 0.3) is 0 Å². The number of hydrogen-bond acceptors (Lipinski definition) is 4. The molecule has 2 aromatic rings. The average molecular weight is 284 g/mol. The molecule has 0 radical (unpaired) electrons. The van der Waals surface area contributed by atoms with Crippen molar-refractivity contribution in [2.75, 3.05) is 11.4 Å². The molecule has 1 aliphatic heterocycles. The molecular formula is C16H16N2O3. The lowest BCUT2D eigenvalue weighted by Gasteiger charge is -2.20. The van der Waals surface area contributed by atoms with E-state index in [1.54, 1.807) is 19.1 Å². The molecule has 1 N–H and O–H groups in total. The highest BCUT2D eigenvalue weighted by molar-refractivity contribution is 5.76. The summed E-state index contributed by atoms with van der Waals surface area (Å²) in [6, 6.07) is 12.9.